The van der Waals surface area contributed by atoms with Gasteiger partial charge in [-0.05, 0) is 50.4 Å². The van der Waals surface area contributed by atoms with Crippen molar-refractivity contribution in [2.24, 2.45) is 23.2 Å². The van der Waals surface area contributed by atoms with Crippen molar-refractivity contribution in [1.82, 2.24) is 20.4 Å². The van der Waals surface area contributed by atoms with E-state index >= 15 is 0 Å². The molecule has 1 aliphatic carbocycles. The summed E-state index contributed by atoms with van der Waals surface area (Å²) in [7, 11) is 1.53. The molecule has 1 heterocycles. The Morgan fingerprint density at radius 2 is 1.79 bits per heavy atom. The lowest BCUT2D eigenvalue weighted by Gasteiger charge is -2.38. The Labute approximate surface area is 226 Å². The Hall–Kier alpha value is -2.91. The number of amides is 4. The van der Waals surface area contributed by atoms with Crippen LogP contribution in [0.2, 0.25) is 0 Å². The number of Topliss-reactive ketones (excluding diaryl/α,β-unsaturated/α-hetero) is 1. The van der Waals surface area contributed by atoms with Crippen LogP contribution >= 0.6 is 0 Å². The van der Waals surface area contributed by atoms with Crippen molar-refractivity contribution in [3.8, 4) is 0 Å². The second-order valence-electron chi connectivity index (χ2n) is 12.4. The van der Waals surface area contributed by atoms with Gasteiger partial charge >= 0.3 is 6.09 Å². The van der Waals surface area contributed by atoms with Crippen molar-refractivity contribution in [3.63, 3.8) is 0 Å². The largest absolute Gasteiger partial charge is 0.444 e. The number of ketones is 1. The van der Waals surface area contributed by atoms with Gasteiger partial charge in [0.25, 0.3) is 5.91 Å². The molecule has 1 saturated heterocycles. The Morgan fingerprint density at radius 3 is 2.29 bits per heavy atom. The van der Waals surface area contributed by atoms with Crippen LogP contribution in [0.3, 0.4) is 0 Å². The van der Waals surface area contributed by atoms with E-state index in [0.717, 1.165) is 0 Å². The average Bonchev–Trinajstić information content (AvgIpc) is 3.14. The maximum absolute atomic E-state index is 13.9. The Kier molecular flexibility index (Phi) is 9.78. The van der Waals surface area contributed by atoms with E-state index in [1.54, 1.807) is 25.7 Å². The fourth-order valence-corrected chi connectivity index (χ4v) is 5.55. The van der Waals surface area contributed by atoms with Crippen molar-refractivity contribution in [2.45, 2.75) is 92.0 Å². The van der Waals surface area contributed by atoms with Gasteiger partial charge in [0.1, 0.15) is 17.7 Å². The second-order valence-corrected chi connectivity index (χ2v) is 12.4. The van der Waals surface area contributed by atoms with Crippen LogP contribution in [-0.4, -0.2) is 83.3 Å². The van der Waals surface area contributed by atoms with Crippen LogP contribution in [0.4, 0.5) is 4.79 Å². The van der Waals surface area contributed by atoms with Crippen molar-refractivity contribution in [1.29, 1.82) is 0 Å². The summed E-state index contributed by atoms with van der Waals surface area (Å²) in [6, 6.07) is -2.64. The van der Waals surface area contributed by atoms with Gasteiger partial charge in [0.2, 0.25) is 17.6 Å². The highest BCUT2D eigenvalue weighted by Gasteiger charge is 2.69. The van der Waals surface area contributed by atoms with Crippen LogP contribution in [0, 0.1) is 23.2 Å². The molecule has 0 aromatic carbocycles. The number of likely N-dealkylation sites (tertiary alicyclic amines) is 1. The number of nitrogens with one attached hydrogen (secondary N) is 2. The summed E-state index contributed by atoms with van der Waals surface area (Å²) in [5.74, 6) is -2.51. The van der Waals surface area contributed by atoms with E-state index in [0.29, 0.717) is 19.4 Å². The van der Waals surface area contributed by atoms with Gasteiger partial charge in [-0.25, -0.2) is 4.79 Å². The lowest BCUT2D eigenvalue weighted by molar-refractivity contribution is -0.146. The van der Waals surface area contributed by atoms with Gasteiger partial charge in [-0.1, -0.05) is 47.1 Å². The van der Waals surface area contributed by atoms with Gasteiger partial charge in [0.15, 0.2) is 0 Å². The lowest BCUT2D eigenvalue weighted by atomic mass is 9.96. The zero-order valence-corrected chi connectivity index (χ0v) is 24.4. The van der Waals surface area contributed by atoms with E-state index in [-0.39, 0.29) is 35.6 Å². The normalized spacial score (nSPS) is 23.1. The number of fused-ring (bicyclic) bond motifs is 1. The predicted molar refractivity (Wildman–Crippen MR) is 144 cm³/mol. The van der Waals surface area contributed by atoms with Crippen LogP contribution in [0.25, 0.3) is 0 Å². The summed E-state index contributed by atoms with van der Waals surface area (Å²) in [5, 5.41) is 5.24. The van der Waals surface area contributed by atoms with Gasteiger partial charge in [0.05, 0.1) is 6.04 Å². The highest BCUT2D eigenvalue weighted by Crippen LogP contribution is 2.65. The molecular formula is C28H46N4O6. The SMILES string of the molecule is C=CCNC(=O)C(=O)C(CCC)NC(=O)[C@@H]1[C@@H]2[C@H](CN1C(=O)[C@H](C(C)C)N(C)C(=O)OC(C)(C)C)C2(C)C. The molecule has 2 rings (SSSR count). The monoisotopic (exact) mass is 534 g/mol. The van der Waals surface area contributed by atoms with Crippen LogP contribution < -0.4 is 10.6 Å². The molecule has 2 aliphatic rings. The standard InChI is InChI=1S/C28H46N4O6/c1-11-13-18(22(33)24(35)29-14-12-2)30-23(34)21-19-17(28(19,8)9)15-32(21)25(36)20(16(3)4)31(10)26(37)38-27(5,6)7/h12,16-21H,2,11,13-15H2,1,3-10H3,(H,29,35)(H,30,34)/t17-,18?,19-,20-,21-/m0/s1. The number of piperidine rings is 1. The first-order valence-electron chi connectivity index (χ1n) is 13.5. The lowest BCUT2D eigenvalue weighted by Crippen LogP contribution is -2.59. The number of nitrogens with zero attached hydrogens (tertiary/aromatic N) is 2. The maximum atomic E-state index is 13.9. The van der Waals surface area contributed by atoms with Crippen LogP contribution in [0.1, 0.15) is 68.2 Å². The van der Waals surface area contributed by atoms with E-state index in [2.05, 4.69) is 31.1 Å². The van der Waals surface area contributed by atoms with Gasteiger partial charge < -0.3 is 20.3 Å². The van der Waals surface area contributed by atoms with Gasteiger partial charge in [-0.2, -0.15) is 0 Å². The molecular weight excluding hydrogens is 488 g/mol. The number of hydrogen-bond donors (Lipinski definition) is 2. The third-order valence-electron chi connectivity index (χ3n) is 7.58. The number of ether oxygens (including phenoxy) is 1. The maximum Gasteiger partial charge on any atom is 0.410 e. The summed E-state index contributed by atoms with van der Waals surface area (Å²) < 4.78 is 5.49. The minimum Gasteiger partial charge on any atom is -0.444 e. The molecule has 0 bridgehead atoms. The van der Waals surface area contributed by atoms with Crippen LogP contribution in [0.15, 0.2) is 12.7 Å². The molecule has 1 aliphatic heterocycles. The first-order valence-corrected chi connectivity index (χ1v) is 13.5. The topological polar surface area (TPSA) is 125 Å². The Balaban J connectivity index is 2.31. The van der Waals surface area contributed by atoms with Crippen molar-refractivity contribution in [2.75, 3.05) is 20.1 Å². The molecule has 4 amide bonds. The fraction of sp³-hybridized carbons (Fsp3) is 0.750. The molecule has 10 nitrogen and oxygen atoms in total. The van der Waals surface area contributed by atoms with Crippen molar-refractivity contribution >= 4 is 29.6 Å². The molecule has 1 unspecified atom stereocenters. The van der Waals surface area contributed by atoms with Crippen molar-refractivity contribution in [3.05, 3.63) is 12.7 Å². The number of hydrogen-bond acceptors (Lipinski definition) is 6. The van der Waals surface area contributed by atoms with E-state index in [4.69, 9.17) is 4.74 Å². The first-order chi connectivity index (χ1) is 17.5. The molecule has 2 fully saturated rings. The molecule has 0 aromatic rings. The molecule has 38 heavy (non-hydrogen) atoms. The smallest absolute Gasteiger partial charge is 0.410 e. The van der Waals surface area contributed by atoms with E-state index in [1.165, 1.54) is 18.0 Å². The molecule has 2 N–H and O–H groups in total. The minimum absolute atomic E-state index is 0.0851. The van der Waals surface area contributed by atoms with Gasteiger partial charge in [0, 0.05) is 20.1 Å². The third kappa shape index (κ3) is 6.74. The Morgan fingerprint density at radius 1 is 1.18 bits per heavy atom. The number of carbonyl (C=O) groups excluding carboxylic acids is 5. The van der Waals surface area contributed by atoms with E-state index in [9.17, 15) is 24.0 Å². The summed E-state index contributed by atoms with van der Waals surface area (Å²) >= 11 is 0. The average molecular weight is 535 g/mol. The van der Waals surface area contributed by atoms with Crippen LogP contribution in [0.5, 0.6) is 0 Å². The molecule has 214 valence electrons. The van der Waals surface area contributed by atoms with Gasteiger partial charge in [-0.3, -0.25) is 24.1 Å². The zero-order chi connectivity index (χ0) is 29.2. The van der Waals surface area contributed by atoms with E-state index in [1.807, 2.05) is 20.8 Å². The minimum atomic E-state index is -1.000. The number of likely N-dealkylation sites (N-methyl/N-ethyl adjacent to an activating group) is 1. The molecule has 0 spiro atoms. The summed E-state index contributed by atoms with van der Waals surface area (Å²) in [5.41, 5.74) is -0.870. The first kappa shape index (κ1) is 31.3. The number of carbonyl (C=O) groups is 5. The quantitative estimate of drug-likeness (QED) is 0.310. The van der Waals surface area contributed by atoms with Crippen LogP contribution in [-0.2, 0) is 23.9 Å². The summed E-state index contributed by atoms with van der Waals surface area (Å²) in [6.45, 7) is 19.0. The van der Waals surface area contributed by atoms with E-state index < -0.39 is 47.4 Å². The molecule has 5 atom stereocenters. The highest BCUT2D eigenvalue weighted by atomic mass is 16.6. The highest BCUT2D eigenvalue weighted by molar-refractivity contribution is 6.38. The van der Waals surface area contributed by atoms with Crippen molar-refractivity contribution < 1.29 is 28.7 Å². The summed E-state index contributed by atoms with van der Waals surface area (Å²) in [6.07, 6.45) is 1.72. The fourth-order valence-electron chi connectivity index (χ4n) is 5.55. The molecule has 0 radical (unpaired) electrons. The Bertz CT molecular complexity index is 953. The van der Waals surface area contributed by atoms with Gasteiger partial charge in [-0.15, -0.1) is 6.58 Å². The second kappa shape index (κ2) is 11.9. The number of rotatable bonds is 11. The molecule has 1 saturated carbocycles. The predicted octanol–water partition coefficient (Wildman–Crippen LogP) is 2.52. The molecule has 10 heteroatoms. The third-order valence-corrected chi connectivity index (χ3v) is 7.58. The summed E-state index contributed by atoms with van der Waals surface area (Å²) in [4.78, 5) is 68.4. The zero-order valence-electron chi connectivity index (χ0n) is 24.4. The molecule has 0 aromatic heterocycles.